The van der Waals surface area contributed by atoms with Crippen molar-refractivity contribution in [1.29, 1.82) is 0 Å². The molecular weight excluding hydrogens is 202 g/mol. The first kappa shape index (κ1) is 10.2. The highest BCUT2D eigenvalue weighted by molar-refractivity contribution is 5.93. The van der Waals surface area contributed by atoms with Crippen LogP contribution in [0.4, 0.5) is 0 Å². The fourth-order valence-corrected chi connectivity index (χ4v) is 1.63. The molecular formula is C13H11NO2. The van der Waals surface area contributed by atoms with Crippen LogP contribution in [0.5, 0.6) is 5.75 Å². The summed E-state index contributed by atoms with van der Waals surface area (Å²) in [5.74, 6) is 0.197. The minimum atomic E-state index is 0.197. The molecule has 0 aromatic heterocycles. The molecule has 0 aliphatic carbocycles. The number of phenols is 1. The monoisotopic (exact) mass is 213 g/mol. The minimum Gasteiger partial charge on any atom is -0.507 e. The highest BCUT2D eigenvalue weighted by Crippen LogP contribution is 2.27. The van der Waals surface area contributed by atoms with Crippen molar-refractivity contribution in [2.75, 3.05) is 0 Å². The Morgan fingerprint density at radius 3 is 2.75 bits per heavy atom. The summed E-state index contributed by atoms with van der Waals surface area (Å²) >= 11 is 0. The van der Waals surface area contributed by atoms with Crippen molar-refractivity contribution in [2.24, 2.45) is 0 Å². The lowest BCUT2D eigenvalue weighted by molar-refractivity contribution is -0.108. The van der Waals surface area contributed by atoms with Gasteiger partial charge in [0.1, 0.15) is 5.75 Å². The van der Waals surface area contributed by atoms with E-state index in [2.05, 4.69) is 5.32 Å². The summed E-state index contributed by atoms with van der Waals surface area (Å²) in [4.78, 5) is 10.1. The number of hydrogen-bond donors (Lipinski definition) is 2. The molecule has 0 fully saturated rings. The van der Waals surface area contributed by atoms with Gasteiger partial charge in [0, 0.05) is 11.8 Å². The van der Waals surface area contributed by atoms with E-state index in [9.17, 15) is 9.90 Å². The van der Waals surface area contributed by atoms with Gasteiger partial charge in [-0.25, -0.2) is 0 Å². The van der Waals surface area contributed by atoms with Crippen LogP contribution in [0.25, 0.3) is 16.8 Å². The maximum atomic E-state index is 10.1. The quantitative estimate of drug-likeness (QED) is 0.768. The van der Waals surface area contributed by atoms with Gasteiger partial charge in [-0.15, -0.1) is 0 Å². The van der Waals surface area contributed by atoms with Crippen molar-refractivity contribution in [3.63, 3.8) is 0 Å². The zero-order valence-electron chi connectivity index (χ0n) is 8.55. The number of carbonyl (C=O) groups excluding carboxylic acids is 1. The van der Waals surface area contributed by atoms with Gasteiger partial charge in [-0.2, -0.15) is 0 Å². The average molecular weight is 213 g/mol. The van der Waals surface area contributed by atoms with E-state index in [4.69, 9.17) is 0 Å². The molecule has 0 atom stereocenters. The SMILES string of the molecule is O=CN/C=C/c1c(O)ccc2ccccc12. The van der Waals surface area contributed by atoms with Crippen LogP contribution in [0, 0.1) is 0 Å². The molecule has 0 unspecified atom stereocenters. The highest BCUT2D eigenvalue weighted by atomic mass is 16.3. The van der Waals surface area contributed by atoms with Crippen LogP contribution in [0.1, 0.15) is 5.56 Å². The zero-order chi connectivity index (χ0) is 11.4. The molecule has 0 spiro atoms. The summed E-state index contributed by atoms with van der Waals surface area (Å²) < 4.78 is 0. The summed E-state index contributed by atoms with van der Waals surface area (Å²) in [6.07, 6.45) is 3.75. The van der Waals surface area contributed by atoms with Crippen molar-refractivity contribution < 1.29 is 9.90 Å². The predicted octanol–water partition coefficient (Wildman–Crippen LogP) is 2.26. The molecule has 0 saturated heterocycles. The third-order valence-electron chi connectivity index (χ3n) is 2.36. The van der Waals surface area contributed by atoms with Crippen LogP contribution in [-0.4, -0.2) is 11.5 Å². The van der Waals surface area contributed by atoms with Crippen LogP contribution in [0.3, 0.4) is 0 Å². The number of phenolic OH excluding ortho intramolecular Hbond substituents is 1. The van der Waals surface area contributed by atoms with Crippen LogP contribution in [0.15, 0.2) is 42.6 Å². The molecule has 16 heavy (non-hydrogen) atoms. The van der Waals surface area contributed by atoms with Gasteiger partial charge in [0.2, 0.25) is 6.41 Å². The van der Waals surface area contributed by atoms with E-state index in [-0.39, 0.29) is 5.75 Å². The number of benzene rings is 2. The van der Waals surface area contributed by atoms with Gasteiger partial charge in [0.15, 0.2) is 0 Å². The van der Waals surface area contributed by atoms with E-state index in [1.54, 1.807) is 12.1 Å². The summed E-state index contributed by atoms with van der Waals surface area (Å²) in [6, 6.07) is 11.2. The van der Waals surface area contributed by atoms with Crippen LogP contribution >= 0.6 is 0 Å². The number of rotatable bonds is 3. The molecule has 0 bridgehead atoms. The van der Waals surface area contributed by atoms with E-state index < -0.39 is 0 Å². The van der Waals surface area contributed by atoms with E-state index in [1.807, 2.05) is 30.3 Å². The molecule has 3 nitrogen and oxygen atoms in total. The fraction of sp³-hybridized carbons (Fsp3) is 0. The van der Waals surface area contributed by atoms with Gasteiger partial charge < -0.3 is 10.4 Å². The summed E-state index contributed by atoms with van der Waals surface area (Å²) in [7, 11) is 0. The van der Waals surface area contributed by atoms with Gasteiger partial charge in [-0.3, -0.25) is 4.79 Å². The maximum absolute atomic E-state index is 10.1. The standard InChI is InChI=1S/C13H11NO2/c15-9-14-8-7-12-11-4-2-1-3-10(11)5-6-13(12)16/h1-9,16H,(H,14,15)/b8-7+. The number of nitrogens with one attached hydrogen (secondary N) is 1. The molecule has 0 radical (unpaired) electrons. The molecule has 1 amide bonds. The molecule has 2 aromatic rings. The second-order valence-corrected chi connectivity index (χ2v) is 3.34. The maximum Gasteiger partial charge on any atom is 0.211 e. The van der Waals surface area contributed by atoms with E-state index in [0.29, 0.717) is 12.0 Å². The van der Waals surface area contributed by atoms with Gasteiger partial charge in [0.25, 0.3) is 0 Å². The van der Waals surface area contributed by atoms with Gasteiger partial charge in [0.05, 0.1) is 0 Å². The van der Waals surface area contributed by atoms with Gasteiger partial charge >= 0.3 is 0 Å². The molecule has 2 rings (SSSR count). The van der Waals surface area contributed by atoms with Crippen molar-refractivity contribution >= 4 is 23.3 Å². The Balaban J connectivity index is 2.56. The first-order chi connectivity index (χ1) is 7.83. The summed E-state index contributed by atoms with van der Waals surface area (Å²) in [5.41, 5.74) is 0.701. The molecule has 2 N–H and O–H groups in total. The van der Waals surface area contributed by atoms with Crippen LogP contribution in [-0.2, 0) is 4.79 Å². The van der Waals surface area contributed by atoms with E-state index in [0.717, 1.165) is 10.8 Å². The number of aromatic hydroxyl groups is 1. The Morgan fingerprint density at radius 2 is 1.94 bits per heavy atom. The molecule has 0 aliphatic heterocycles. The van der Waals surface area contributed by atoms with Crippen LogP contribution < -0.4 is 5.32 Å². The third-order valence-corrected chi connectivity index (χ3v) is 2.36. The average Bonchev–Trinajstić information content (AvgIpc) is 2.32. The minimum absolute atomic E-state index is 0.197. The molecule has 0 heterocycles. The Labute approximate surface area is 93.0 Å². The number of carbonyl (C=O) groups is 1. The Kier molecular flexibility index (Phi) is 2.87. The number of hydrogen-bond acceptors (Lipinski definition) is 2. The zero-order valence-corrected chi connectivity index (χ0v) is 8.55. The van der Waals surface area contributed by atoms with Crippen molar-refractivity contribution in [2.45, 2.75) is 0 Å². The number of fused-ring (bicyclic) bond motifs is 1. The van der Waals surface area contributed by atoms with Crippen molar-refractivity contribution in [1.82, 2.24) is 5.32 Å². The third kappa shape index (κ3) is 1.88. The lowest BCUT2D eigenvalue weighted by Gasteiger charge is -2.04. The Bertz CT molecular complexity index is 547. The highest BCUT2D eigenvalue weighted by Gasteiger charge is 2.02. The second kappa shape index (κ2) is 4.49. The van der Waals surface area contributed by atoms with Gasteiger partial charge in [-0.1, -0.05) is 30.3 Å². The van der Waals surface area contributed by atoms with E-state index >= 15 is 0 Å². The van der Waals surface area contributed by atoms with Crippen molar-refractivity contribution in [3.05, 3.63) is 48.2 Å². The molecule has 80 valence electrons. The molecule has 2 aromatic carbocycles. The molecule has 0 saturated carbocycles. The van der Waals surface area contributed by atoms with Crippen molar-refractivity contribution in [3.8, 4) is 5.75 Å². The Morgan fingerprint density at radius 1 is 1.12 bits per heavy atom. The lowest BCUT2D eigenvalue weighted by atomic mass is 10.0. The first-order valence-corrected chi connectivity index (χ1v) is 4.90. The smallest absolute Gasteiger partial charge is 0.211 e. The summed E-state index contributed by atoms with van der Waals surface area (Å²) in [6.45, 7) is 0. The number of amides is 1. The second-order valence-electron chi connectivity index (χ2n) is 3.34. The molecule has 3 heteroatoms. The van der Waals surface area contributed by atoms with Gasteiger partial charge in [-0.05, 0) is 22.9 Å². The largest absolute Gasteiger partial charge is 0.507 e. The Hall–Kier alpha value is -2.29. The normalized spacial score (nSPS) is 10.8. The lowest BCUT2D eigenvalue weighted by Crippen LogP contribution is -1.98. The molecule has 0 aliphatic rings. The topological polar surface area (TPSA) is 49.3 Å². The summed E-state index contributed by atoms with van der Waals surface area (Å²) in [5, 5.41) is 14.2. The first-order valence-electron chi connectivity index (χ1n) is 4.90. The van der Waals surface area contributed by atoms with E-state index in [1.165, 1.54) is 6.20 Å². The fourth-order valence-electron chi connectivity index (χ4n) is 1.63. The van der Waals surface area contributed by atoms with Crippen LogP contribution in [0.2, 0.25) is 0 Å². The predicted molar refractivity (Wildman–Crippen MR) is 63.8 cm³/mol.